The predicted molar refractivity (Wildman–Crippen MR) is 92.1 cm³/mol. The summed E-state index contributed by atoms with van der Waals surface area (Å²) in [5.41, 5.74) is 2.00. The van der Waals surface area contributed by atoms with Crippen molar-refractivity contribution in [2.24, 2.45) is 4.99 Å². The number of aromatic hydroxyl groups is 2. The summed E-state index contributed by atoms with van der Waals surface area (Å²) >= 11 is 0. The fourth-order valence-electron chi connectivity index (χ4n) is 2.90. The summed E-state index contributed by atoms with van der Waals surface area (Å²) in [6.45, 7) is 3.08. The van der Waals surface area contributed by atoms with Gasteiger partial charge in [-0.3, -0.25) is 9.89 Å². The molecule has 0 spiro atoms. The fourth-order valence-corrected chi connectivity index (χ4v) is 2.90. The third kappa shape index (κ3) is 4.33. The average Bonchev–Trinajstić information content (AvgIpc) is 2.56. The number of phenolic OH excluding ortho intramolecular Hbond substituents is 2. The molecule has 4 nitrogen and oxygen atoms in total. The van der Waals surface area contributed by atoms with E-state index in [9.17, 15) is 10.2 Å². The van der Waals surface area contributed by atoms with Gasteiger partial charge in [0, 0.05) is 37.5 Å². The molecule has 2 aromatic carbocycles. The Morgan fingerprint density at radius 1 is 1.04 bits per heavy atom. The van der Waals surface area contributed by atoms with Gasteiger partial charge in [-0.2, -0.15) is 0 Å². The maximum Gasteiger partial charge on any atom is 0.128 e. The van der Waals surface area contributed by atoms with Gasteiger partial charge < -0.3 is 10.2 Å². The molecule has 0 atom stereocenters. The number of aliphatic imine (C=N–C) groups is 1. The summed E-state index contributed by atoms with van der Waals surface area (Å²) in [6, 6.07) is 15.4. The number of rotatable bonds is 4. The third-order valence-corrected chi connectivity index (χ3v) is 4.24. The Kier molecular flexibility index (Phi) is 4.93. The number of benzene rings is 2. The van der Waals surface area contributed by atoms with E-state index < -0.39 is 0 Å². The number of piperidine rings is 1. The van der Waals surface area contributed by atoms with E-state index in [1.54, 1.807) is 18.3 Å². The van der Waals surface area contributed by atoms with Gasteiger partial charge in [0.15, 0.2) is 0 Å². The Morgan fingerprint density at radius 2 is 1.78 bits per heavy atom. The minimum absolute atomic E-state index is 0.0638. The number of hydrogen-bond acceptors (Lipinski definition) is 4. The number of hydrogen-bond donors (Lipinski definition) is 2. The van der Waals surface area contributed by atoms with Gasteiger partial charge in [0.1, 0.15) is 11.5 Å². The van der Waals surface area contributed by atoms with E-state index in [2.05, 4.69) is 34.2 Å². The lowest BCUT2D eigenvalue weighted by Gasteiger charge is -2.30. The summed E-state index contributed by atoms with van der Waals surface area (Å²) in [4.78, 5) is 7.05. The molecule has 0 aliphatic carbocycles. The maximum absolute atomic E-state index is 9.77. The van der Waals surface area contributed by atoms with Crippen molar-refractivity contribution in [3.8, 4) is 11.5 Å². The van der Waals surface area contributed by atoms with Gasteiger partial charge in [0.25, 0.3) is 0 Å². The molecular formula is C19H22N2O2. The first kappa shape index (κ1) is 15.6. The lowest BCUT2D eigenvalue weighted by molar-refractivity contribution is 0.206. The largest absolute Gasteiger partial charge is 0.508 e. The van der Waals surface area contributed by atoms with Crippen LogP contribution in [0, 0.1) is 0 Å². The van der Waals surface area contributed by atoms with Crippen molar-refractivity contribution in [3.05, 3.63) is 59.7 Å². The zero-order chi connectivity index (χ0) is 16.1. The zero-order valence-corrected chi connectivity index (χ0v) is 13.1. The topological polar surface area (TPSA) is 56.1 Å². The van der Waals surface area contributed by atoms with Gasteiger partial charge in [-0.15, -0.1) is 0 Å². The maximum atomic E-state index is 9.77. The van der Waals surface area contributed by atoms with Gasteiger partial charge in [-0.05, 0) is 30.5 Å². The molecule has 2 aromatic rings. The molecule has 0 bridgehead atoms. The van der Waals surface area contributed by atoms with Crippen LogP contribution in [-0.4, -0.2) is 40.5 Å². The molecule has 2 N–H and O–H groups in total. The van der Waals surface area contributed by atoms with Crippen LogP contribution in [0.2, 0.25) is 0 Å². The molecule has 3 rings (SSSR count). The quantitative estimate of drug-likeness (QED) is 0.853. The minimum Gasteiger partial charge on any atom is -0.508 e. The van der Waals surface area contributed by atoms with Crippen molar-refractivity contribution in [1.29, 1.82) is 0 Å². The third-order valence-electron chi connectivity index (χ3n) is 4.24. The van der Waals surface area contributed by atoms with Crippen LogP contribution in [-0.2, 0) is 6.54 Å². The van der Waals surface area contributed by atoms with E-state index >= 15 is 0 Å². The highest BCUT2D eigenvalue weighted by atomic mass is 16.3. The van der Waals surface area contributed by atoms with E-state index in [1.807, 2.05) is 6.07 Å². The number of nitrogens with zero attached hydrogens (tertiary/aromatic N) is 2. The Bertz CT molecular complexity index is 662. The minimum atomic E-state index is 0.0638. The molecule has 0 aromatic heterocycles. The highest BCUT2D eigenvalue weighted by Crippen LogP contribution is 2.22. The molecule has 120 valence electrons. The van der Waals surface area contributed by atoms with Crippen LogP contribution in [0.4, 0.5) is 0 Å². The Labute approximate surface area is 136 Å². The van der Waals surface area contributed by atoms with E-state index in [1.165, 1.54) is 11.6 Å². The summed E-state index contributed by atoms with van der Waals surface area (Å²) < 4.78 is 0. The van der Waals surface area contributed by atoms with Gasteiger partial charge in [0.05, 0.1) is 6.04 Å². The van der Waals surface area contributed by atoms with Crippen LogP contribution in [0.15, 0.2) is 53.5 Å². The van der Waals surface area contributed by atoms with Crippen LogP contribution in [0.5, 0.6) is 11.5 Å². The van der Waals surface area contributed by atoms with Crippen molar-refractivity contribution in [1.82, 2.24) is 4.90 Å². The molecular weight excluding hydrogens is 288 g/mol. The van der Waals surface area contributed by atoms with Crippen molar-refractivity contribution >= 4 is 6.21 Å². The van der Waals surface area contributed by atoms with Crippen molar-refractivity contribution in [2.45, 2.75) is 25.4 Å². The molecule has 0 amide bonds. The SMILES string of the molecule is Oc1ccc(C=NC2CCN(Cc3ccccc3)CC2)c(O)c1. The van der Waals surface area contributed by atoms with Crippen molar-refractivity contribution in [3.63, 3.8) is 0 Å². The molecule has 0 unspecified atom stereocenters. The Morgan fingerprint density at radius 3 is 2.48 bits per heavy atom. The highest BCUT2D eigenvalue weighted by Gasteiger charge is 2.18. The van der Waals surface area contributed by atoms with Crippen LogP contribution >= 0.6 is 0 Å². The summed E-state index contributed by atoms with van der Waals surface area (Å²) in [5, 5.41) is 19.1. The summed E-state index contributed by atoms with van der Waals surface area (Å²) in [6.07, 6.45) is 3.77. The van der Waals surface area contributed by atoms with Crippen LogP contribution in [0.25, 0.3) is 0 Å². The first-order chi connectivity index (χ1) is 11.2. The summed E-state index contributed by atoms with van der Waals surface area (Å²) in [7, 11) is 0. The highest BCUT2D eigenvalue weighted by molar-refractivity contribution is 5.83. The van der Waals surface area contributed by atoms with Gasteiger partial charge >= 0.3 is 0 Å². The van der Waals surface area contributed by atoms with Crippen molar-refractivity contribution in [2.75, 3.05) is 13.1 Å². The second-order valence-electron chi connectivity index (χ2n) is 6.01. The predicted octanol–water partition coefficient (Wildman–Crippen LogP) is 3.18. The molecule has 4 heteroatoms. The first-order valence-corrected chi connectivity index (χ1v) is 8.02. The van der Waals surface area contributed by atoms with Crippen LogP contribution in [0.3, 0.4) is 0 Å². The van der Waals surface area contributed by atoms with Crippen molar-refractivity contribution < 1.29 is 10.2 Å². The smallest absolute Gasteiger partial charge is 0.128 e. The van der Waals surface area contributed by atoms with E-state index in [0.29, 0.717) is 11.6 Å². The molecule has 1 aliphatic rings. The second kappa shape index (κ2) is 7.29. The average molecular weight is 310 g/mol. The number of phenols is 2. The van der Waals surface area contributed by atoms with Crippen LogP contribution in [0.1, 0.15) is 24.0 Å². The monoisotopic (exact) mass is 310 g/mol. The Hall–Kier alpha value is -2.33. The molecule has 1 aliphatic heterocycles. The lowest BCUT2D eigenvalue weighted by atomic mass is 10.0. The van der Waals surface area contributed by atoms with E-state index in [4.69, 9.17) is 0 Å². The number of likely N-dealkylation sites (tertiary alicyclic amines) is 1. The zero-order valence-electron chi connectivity index (χ0n) is 13.1. The second-order valence-corrected chi connectivity index (χ2v) is 6.01. The first-order valence-electron chi connectivity index (χ1n) is 8.02. The normalized spacial score (nSPS) is 16.9. The summed E-state index contributed by atoms with van der Waals surface area (Å²) in [5.74, 6) is 0.129. The fraction of sp³-hybridized carbons (Fsp3) is 0.316. The Balaban J connectivity index is 1.52. The standard InChI is InChI=1S/C19H22N2O2/c22-18-7-6-16(19(23)12-18)13-20-17-8-10-21(11-9-17)14-15-4-2-1-3-5-15/h1-7,12-13,17,22-23H,8-11,14H2. The molecule has 23 heavy (non-hydrogen) atoms. The molecule has 1 heterocycles. The molecule has 0 radical (unpaired) electrons. The molecule has 1 fully saturated rings. The molecule has 1 saturated heterocycles. The lowest BCUT2D eigenvalue weighted by Crippen LogP contribution is -2.34. The van der Waals surface area contributed by atoms with Gasteiger partial charge in [0.2, 0.25) is 0 Å². The molecule has 0 saturated carbocycles. The van der Waals surface area contributed by atoms with Gasteiger partial charge in [-0.25, -0.2) is 0 Å². The van der Waals surface area contributed by atoms with E-state index in [-0.39, 0.29) is 11.5 Å². The van der Waals surface area contributed by atoms with Gasteiger partial charge in [-0.1, -0.05) is 30.3 Å². The van der Waals surface area contributed by atoms with E-state index in [0.717, 1.165) is 32.5 Å². The van der Waals surface area contributed by atoms with Crippen LogP contribution < -0.4 is 0 Å².